The Hall–Kier alpha value is -1.76. The summed E-state index contributed by atoms with van der Waals surface area (Å²) in [6.45, 7) is 0. The summed E-state index contributed by atoms with van der Waals surface area (Å²) in [7, 11) is 0. The molecule has 1 atom stereocenters. The molecule has 7 heteroatoms. The fourth-order valence-corrected chi connectivity index (χ4v) is 1.86. The lowest BCUT2D eigenvalue weighted by atomic mass is 10.1. The lowest BCUT2D eigenvalue weighted by molar-refractivity contribution is 0.0826. The van der Waals surface area contributed by atoms with Gasteiger partial charge in [0.25, 0.3) is 6.29 Å². The van der Waals surface area contributed by atoms with E-state index in [9.17, 15) is 4.79 Å². The van der Waals surface area contributed by atoms with Crippen LogP contribution in [-0.4, -0.2) is 27.5 Å². The first-order chi connectivity index (χ1) is 8.29. The summed E-state index contributed by atoms with van der Waals surface area (Å²) in [6.07, 6.45) is 8.52. The molecule has 2 rings (SSSR count). The van der Waals surface area contributed by atoms with Crippen molar-refractivity contribution in [3.63, 3.8) is 0 Å². The zero-order chi connectivity index (χ0) is 12.1. The molecule has 0 bridgehead atoms. The molecule has 0 spiro atoms. The molecule has 17 heavy (non-hydrogen) atoms. The molecule has 89 valence electrons. The van der Waals surface area contributed by atoms with Crippen molar-refractivity contribution in [2.24, 2.45) is 5.16 Å². The number of rotatable bonds is 4. The molecule has 0 aliphatic heterocycles. The van der Waals surface area contributed by atoms with Crippen LogP contribution in [0.15, 0.2) is 17.3 Å². The SMILES string of the molecule is Nc1nc(/C([C]=O)=N/OC2C=CCCC2)ns1. The van der Waals surface area contributed by atoms with Crippen molar-refractivity contribution in [3.8, 4) is 0 Å². The fourth-order valence-electron chi connectivity index (χ4n) is 1.43. The van der Waals surface area contributed by atoms with Gasteiger partial charge in [0, 0.05) is 11.5 Å². The van der Waals surface area contributed by atoms with Crippen molar-refractivity contribution >= 4 is 28.7 Å². The topological polar surface area (TPSA) is 90.5 Å². The average molecular weight is 251 g/mol. The number of hydrogen-bond acceptors (Lipinski definition) is 7. The van der Waals surface area contributed by atoms with E-state index in [2.05, 4.69) is 14.5 Å². The van der Waals surface area contributed by atoms with Gasteiger partial charge >= 0.3 is 0 Å². The average Bonchev–Trinajstić information content (AvgIpc) is 2.78. The summed E-state index contributed by atoms with van der Waals surface area (Å²) in [5.74, 6) is 0.155. The van der Waals surface area contributed by atoms with Crippen LogP contribution < -0.4 is 5.73 Å². The Labute approximate surface area is 102 Å². The number of nitrogens with two attached hydrogens (primary N) is 1. The maximum absolute atomic E-state index is 10.7. The van der Waals surface area contributed by atoms with Crippen LogP contribution in [0, 0.1) is 0 Å². The molecule has 6 nitrogen and oxygen atoms in total. The number of oxime groups is 1. The number of allylic oxidation sites excluding steroid dienone is 1. The number of nitrogen functional groups attached to an aromatic ring is 1. The summed E-state index contributed by atoms with van der Waals surface area (Å²) in [5, 5.41) is 4.00. The van der Waals surface area contributed by atoms with Crippen LogP contribution in [0.5, 0.6) is 0 Å². The van der Waals surface area contributed by atoms with E-state index in [1.165, 1.54) is 0 Å². The maximum Gasteiger partial charge on any atom is 0.261 e. The smallest absolute Gasteiger partial charge is 0.261 e. The van der Waals surface area contributed by atoms with E-state index in [-0.39, 0.29) is 22.8 Å². The number of carbonyl (C=O) groups excluding carboxylic acids is 1. The Kier molecular flexibility index (Phi) is 3.81. The molecule has 1 radical (unpaired) electrons. The van der Waals surface area contributed by atoms with Crippen molar-refractivity contribution in [1.82, 2.24) is 9.36 Å². The molecular formula is C10H11N4O2S. The van der Waals surface area contributed by atoms with Gasteiger partial charge in [-0.1, -0.05) is 11.2 Å². The molecule has 1 unspecified atom stereocenters. The highest BCUT2D eigenvalue weighted by molar-refractivity contribution is 7.09. The Morgan fingerprint density at radius 2 is 2.59 bits per heavy atom. The second-order valence-electron chi connectivity index (χ2n) is 3.50. The zero-order valence-corrected chi connectivity index (χ0v) is 9.81. The monoisotopic (exact) mass is 251 g/mol. The van der Waals surface area contributed by atoms with Crippen LogP contribution in [0.1, 0.15) is 25.1 Å². The van der Waals surface area contributed by atoms with E-state index in [4.69, 9.17) is 10.6 Å². The normalized spacial score (nSPS) is 20.2. The minimum Gasteiger partial charge on any atom is -0.388 e. The maximum atomic E-state index is 10.7. The van der Waals surface area contributed by atoms with Gasteiger partial charge in [0.1, 0.15) is 6.10 Å². The summed E-state index contributed by atoms with van der Waals surface area (Å²) in [6, 6.07) is 0. The second kappa shape index (κ2) is 5.53. The van der Waals surface area contributed by atoms with Gasteiger partial charge in [-0.05, 0) is 25.3 Å². The van der Waals surface area contributed by atoms with E-state index in [0.29, 0.717) is 0 Å². The van der Waals surface area contributed by atoms with Gasteiger partial charge in [0.05, 0.1) is 0 Å². The highest BCUT2D eigenvalue weighted by Crippen LogP contribution is 2.14. The van der Waals surface area contributed by atoms with Gasteiger partial charge in [-0.2, -0.15) is 9.36 Å². The number of nitrogens with zero attached hydrogens (tertiary/aromatic N) is 3. The molecule has 0 amide bonds. The molecule has 0 aromatic carbocycles. The van der Waals surface area contributed by atoms with E-state index in [0.717, 1.165) is 30.8 Å². The van der Waals surface area contributed by atoms with Gasteiger partial charge in [-0.15, -0.1) is 0 Å². The number of aromatic nitrogens is 2. The quantitative estimate of drug-likeness (QED) is 0.491. The van der Waals surface area contributed by atoms with Crippen molar-refractivity contribution < 1.29 is 9.63 Å². The Bertz CT molecular complexity index is 455. The molecule has 0 fully saturated rings. The number of anilines is 1. The highest BCUT2D eigenvalue weighted by atomic mass is 32.1. The van der Waals surface area contributed by atoms with Gasteiger partial charge in [-0.25, -0.2) is 0 Å². The summed E-state index contributed by atoms with van der Waals surface area (Å²) >= 11 is 0.997. The van der Waals surface area contributed by atoms with E-state index in [1.807, 2.05) is 12.2 Å². The number of hydrogen-bond donors (Lipinski definition) is 1. The predicted molar refractivity (Wildman–Crippen MR) is 64.4 cm³/mol. The molecule has 1 aromatic heterocycles. The molecular weight excluding hydrogens is 240 g/mol. The first-order valence-electron chi connectivity index (χ1n) is 5.18. The van der Waals surface area contributed by atoms with Gasteiger partial charge < -0.3 is 10.6 Å². The first-order valence-corrected chi connectivity index (χ1v) is 5.95. The van der Waals surface area contributed by atoms with Crippen molar-refractivity contribution in [3.05, 3.63) is 18.0 Å². The van der Waals surface area contributed by atoms with Crippen LogP contribution in [0.3, 0.4) is 0 Å². The first kappa shape index (κ1) is 11.7. The minimum absolute atomic E-state index is 0.0584. The van der Waals surface area contributed by atoms with E-state index < -0.39 is 0 Å². The van der Waals surface area contributed by atoms with Crippen molar-refractivity contribution in [2.45, 2.75) is 25.4 Å². The van der Waals surface area contributed by atoms with Gasteiger partial charge in [0.2, 0.25) is 5.82 Å². The van der Waals surface area contributed by atoms with Crippen LogP contribution in [0.4, 0.5) is 5.13 Å². The van der Waals surface area contributed by atoms with E-state index in [1.54, 1.807) is 6.29 Å². The lowest BCUT2D eigenvalue weighted by Crippen LogP contribution is -2.12. The minimum atomic E-state index is -0.0944. The molecule has 0 saturated carbocycles. The third kappa shape index (κ3) is 3.10. The summed E-state index contributed by atoms with van der Waals surface area (Å²) in [5.41, 5.74) is 5.36. The second-order valence-corrected chi connectivity index (χ2v) is 4.28. The molecule has 2 N–H and O–H groups in total. The molecule has 0 saturated heterocycles. The Balaban J connectivity index is 2.05. The summed E-state index contributed by atoms with van der Waals surface area (Å²) in [4.78, 5) is 19.8. The molecule has 1 aliphatic carbocycles. The van der Waals surface area contributed by atoms with Gasteiger partial charge in [0.15, 0.2) is 10.8 Å². The molecule has 1 aliphatic rings. The van der Waals surface area contributed by atoms with Crippen molar-refractivity contribution in [2.75, 3.05) is 5.73 Å². The van der Waals surface area contributed by atoms with Gasteiger partial charge in [-0.3, -0.25) is 4.79 Å². The summed E-state index contributed by atoms with van der Waals surface area (Å²) < 4.78 is 3.86. The van der Waals surface area contributed by atoms with E-state index >= 15 is 0 Å². The van der Waals surface area contributed by atoms with Crippen LogP contribution in [-0.2, 0) is 9.63 Å². The fraction of sp³-hybridized carbons (Fsp3) is 0.400. The highest BCUT2D eigenvalue weighted by Gasteiger charge is 2.13. The lowest BCUT2D eigenvalue weighted by Gasteiger charge is -2.13. The third-order valence-corrected chi connectivity index (χ3v) is 2.78. The molecule has 1 aromatic rings. The zero-order valence-electron chi connectivity index (χ0n) is 9.00. The third-order valence-electron chi connectivity index (χ3n) is 2.24. The molecule has 1 heterocycles. The Morgan fingerprint density at radius 3 is 3.18 bits per heavy atom. The van der Waals surface area contributed by atoms with Crippen LogP contribution in [0.25, 0.3) is 0 Å². The standard InChI is InChI=1S/C10H11N4O2S/c11-10-12-9(14-17-10)8(6-15)13-16-7-4-2-1-3-5-7/h2,4,7H,1,3,5H2,(H2,11,12,14)/b13-8+. The largest absolute Gasteiger partial charge is 0.388 e. The Morgan fingerprint density at radius 1 is 1.71 bits per heavy atom. The van der Waals surface area contributed by atoms with Crippen molar-refractivity contribution in [1.29, 1.82) is 0 Å². The predicted octanol–water partition coefficient (Wildman–Crippen LogP) is 1.06. The van der Waals surface area contributed by atoms with Crippen LogP contribution >= 0.6 is 11.5 Å². The van der Waals surface area contributed by atoms with Crippen LogP contribution in [0.2, 0.25) is 0 Å².